The van der Waals surface area contributed by atoms with Gasteiger partial charge in [0, 0.05) is 12.5 Å². The van der Waals surface area contributed by atoms with Crippen molar-refractivity contribution in [1.82, 2.24) is 10.2 Å². The van der Waals surface area contributed by atoms with Crippen LogP contribution in [0.2, 0.25) is 0 Å². The summed E-state index contributed by atoms with van der Waals surface area (Å²) in [6, 6.07) is 1.63. The van der Waals surface area contributed by atoms with E-state index in [1.165, 1.54) is 6.20 Å². The molecule has 82 valence electrons. The molecule has 1 rings (SSSR count). The maximum absolute atomic E-state index is 11.3. The number of hydrogen-bond acceptors (Lipinski definition) is 4. The van der Waals surface area contributed by atoms with Gasteiger partial charge in [0.2, 0.25) is 5.91 Å². The van der Waals surface area contributed by atoms with Crippen LogP contribution in [-0.4, -0.2) is 28.7 Å². The van der Waals surface area contributed by atoms with Crippen LogP contribution < -0.4 is 5.32 Å². The average Bonchev–Trinajstić information content (AvgIpc) is 2.68. The van der Waals surface area contributed by atoms with Gasteiger partial charge in [-0.1, -0.05) is 0 Å². The van der Waals surface area contributed by atoms with Crippen molar-refractivity contribution in [2.75, 3.05) is 11.9 Å². The highest BCUT2D eigenvalue weighted by Crippen LogP contribution is 2.01. The number of esters is 1. The first-order valence-electron chi connectivity index (χ1n) is 4.67. The lowest BCUT2D eigenvalue weighted by Crippen LogP contribution is -2.14. The second-order valence-corrected chi connectivity index (χ2v) is 2.82. The summed E-state index contributed by atoms with van der Waals surface area (Å²) in [5, 5.41) is 8.81. The van der Waals surface area contributed by atoms with Crippen LogP contribution in [0.1, 0.15) is 19.8 Å². The zero-order valence-corrected chi connectivity index (χ0v) is 8.45. The SMILES string of the molecule is CCOC(=O)CCC(=O)Nc1ccn[nH]1. The van der Waals surface area contributed by atoms with Crippen molar-refractivity contribution in [1.29, 1.82) is 0 Å². The van der Waals surface area contributed by atoms with Crippen LogP contribution in [0.15, 0.2) is 12.3 Å². The summed E-state index contributed by atoms with van der Waals surface area (Å²) in [5.41, 5.74) is 0. The summed E-state index contributed by atoms with van der Waals surface area (Å²) in [6.45, 7) is 2.06. The van der Waals surface area contributed by atoms with E-state index in [1.54, 1.807) is 13.0 Å². The number of rotatable bonds is 5. The van der Waals surface area contributed by atoms with Crippen molar-refractivity contribution in [3.05, 3.63) is 12.3 Å². The van der Waals surface area contributed by atoms with Crippen LogP contribution in [0.4, 0.5) is 5.82 Å². The van der Waals surface area contributed by atoms with E-state index < -0.39 is 0 Å². The van der Waals surface area contributed by atoms with Crippen molar-refractivity contribution in [3.63, 3.8) is 0 Å². The average molecular weight is 211 g/mol. The number of nitrogens with zero attached hydrogens (tertiary/aromatic N) is 1. The Hall–Kier alpha value is -1.85. The molecular weight excluding hydrogens is 198 g/mol. The number of H-pyrrole nitrogens is 1. The summed E-state index contributed by atoms with van der Waals surface area (Å²) in [4.78, 5) is 22.2. The van der Waals surface area contributed by atoms with Crippen LogP contribution in [0.25, 0.3) is 0 Å². The predicted octanol–water partition coefficient (Wildman–Crippen LogP) is 0.691. The molecule has 0 aromatic carbocycles. The molecule has 15 heavy (non-hydrogen) atoms. The number of aromatic nitrogens is 2. The van der Waals surface area contributed by atoms with E-state index in [2.05, 4.69) is 20.3 Å². The van der Waals surface area contributed by atoms with E-state index in [1.807, 2.05) is 0 Å². The minimum Gasteiger partial charge on any atom is -0.466 e. The summed E-state index contributed by atoms with van der Waals surface area (Å²) < 4.78 is 4.69. The van der Waals surface area contributed by atoms with Crippen molar-refractivity contribution in [3.8, 4) is 0 Å². The van der Waals surface area contributed by atoms with Gasteiger partial charge in [0.05, 0.1) is 19.2 Å². The number of aromatic amines is 1. The number of ether oxygens (including phenoxy) is 1. The maximum atomic E-state index is 11.3. The summed E-state index contributed by atoms with van der Waals surface area (Å²) >= 11 is 0. The molecule has 0 atom stereocenters. The number of hydrogen-bond donors (Lipinski definition) is 2. The Morgan fingerprint density at radius 1 is 1.53 bits per heavy atom. The fourth-order valence-electron chi connectivity index (χ4n) is 0.987. The molecule has 0 bridgehead atoms. The minimum absolute atomic E-state index is 0.0911. The molecule has 0 saturated carbocycles. The lowest BCUT2D eigenvalue weighted by atomic mass is 10.3. The first kappa shape index (κ1) is 11.2. The minimum atomic E-state index is -0.364. The molecule has 0 aliphatic rings. The number of carbonyl (C=O) groups excluding carboxylic acids is 2. The fraction of sp³-hybridized carbons (Fsp3) is 0.444. The fourth-order valence-corrected chi connectivity index (χ4v) is 0.987. The Labute approximate surface area is 87.0 Å². The van der Waals surface area contributed by atoms with E-state index >= 15 is 0 Å². The molecule has 1 aromatic heterocycles. The molecule has 0 fully saturated rings. The summed E-state index contributed by atoms with van der Waals surface area (Å²) in [6.07, 6.45) is 1.73. The molecule has 0 radical (unpaired) electrons. The van der Waals surface area contributed by atoms with E-state index in [-0.39, 0.29) is 24.7 Å². The summed E-state index contributed by atoms with van der Waals surface area (Å²) in [5.74, 6) is -0.0894. The first-order chi connectivity index (χ1) is 7.22. The molecule has 0 unspecified atom stereocenters. The molecule has 0 aliphatic heterocycles. The van der Waals surface area contributed by atoms with Crippen molar-refractivity contribution < 1.29 is 14.3 Å². The standard InChI is InChI=1S/C9H13N3O3/c1-2-15-9(14)4-3-8(13)11-7-5-6-10-12-7/h5-6H,2-4H2,1H3,(H2,10,11,12,13). The lowest BCUT2D eigenvalue weighted by molar-refractivity contribution is -0.144. The lowest BCUT2D eigenvalue weighted by Gasteiger charge is -2.02. The third-order valence-electron chi connectivity index (χ3n) is 1.64. The highest BCUT2D eigenvalue weighted by molar-refractivity contribution is 5.91. The molecule has 1 aromatic rings. The van der Waals surface area contributed by atoms with Crippen LogP contribution in [0.5, 0.6) is 0 Å². The molecule has 0 aliphatic carbocycles. The summed E-state index contributed by atoms with van der Waals surface area (Å²) in [7, 11) is 0. The van der Waals surface area contributed by atoms with Crippen molar-refractivity contribution in [2.45, 2.75) is 19.8 Å². The first-order valence-corrected chi connectivity index (χ1v) is 4.67. The Bertz CT molecular complexity index is 321. The molecule has 1 heterocycles. The Kier molecular flexibility index (Phi) is 4.33. The maximum Gasteiger partial charge on any atom is 0.306 e. The van der Waals surface area contributed by atoms with Gasteiger partial charge in [0.1, 0.15) is 5.82 Å². The van der Waals surface area contributed by atoms with E-state index in [9.17, 15) is 9.59 Å². The van der Waals surface area contributed by atoms with E-state index in [0.29, 0.717) is 12.4 Å². The molecule has 0 spiro atoms. The van der Waals surface area contributed by atoms with Gasteiger partial charge < -0.3 is 10.1 Å². The van der Waals surface area contributed by atoms with Crippen LogP contribution in [0, 0.1) is 0 Å². The van der Waals surface area contributed by atoms with Crippen LogP contribution in [-0.2, 0) is 14.3 Å². The molecule has 6 heteroatoms. The third-order valence-corrected chi connectivity index (χ3v) is 1.64. The molecule has 0 saturated heterocycles. The van der Waals surface area contributed by atoms with Gasteiger partial charge in [-0.25, -0.2) is 0 Å². The monoisotopic (exact) mass is 211 g/mol. The highest BCUT2D eigenvalue weighted by atomic mass is 16.5. The predicted molar refractivity (Wildman–Crippen MR) is 53.1 cm³/mol. The number of anilines is 1. The van der Waals surface area contributed by atoms with Crippen LogP contribution >= 0.6 is 0 Å². The van der Waals surface area contributed by atoms with Gasteiger partial charge in [-0.3, -0.25) is 14.7 Å². The van der Waals surface area contributed by atoms with Gasteiger partial charge in [-0.15, -0.1) is 0 Å². The van der Waals surface area contributed by atoms with Gasteiger partial charge >= 0.3 is 5.97 Å². The smallest absolute Gasteiger partial charge is 0.306 e. The van der Waals surface area contributed by atoms with Crippen molar-refractivity contribution in [2.24, 2.45) is 0 Å². The zero-order valence-electron chi connectivity index (χ0n) is 8.45. The number of amides is 1. The normalized spacial score (nSPS) is 9.67. The van der Waals surface area contributed by atoms with E-state index in [4.69, 9.17) is 0 Å². The quantitative estimate of drug-likeness (QED) is 0.702. The second-order valence-electron chi connectivity index (χ2n) is 2.82. The van der Waals surface area contributed by atoms with Gasteiger partial charge in [-0.05, 0) is 6.92 Å². The number of carbonyl (C=O) groups is 2. The number of nitrogens with one attached hydrogen (secondary N) is 2. The molecule has 6 nitrogen and oxygen atoms in total. The zero-order chi connectivity index (χ0) is 11.1. The van der Waals surface area contributed by atoms with E-state index in [0.717, 1.165) is 0 Å². The molecular formula is C9H13N3O3. The Morgan fingerprint density at radius 3 is 2.93 bits per heavy atom. The molecule has 1 amide bonds. The highest BCUT2D eigenvalue weighted by Gasteiger charge is 2.07. The second kappa shape index (κ2) is 5.79. The van der Waals surface area contributed by atoms with Gasteiger partial charge in [0.15, 0.2) is 0 Å². The van der Waals surface area contributed by atoms with Crippen molar-refractivity contribution >= 4 is 17.7 Å². The Balaban J connectivity index is 2.22. The Morgan fingerprint density at radius 2 is 2.33 bits per heavy atom. The van der Waals surface area contributed by atoms with Crippen LogP contribution in [0.3, 0.4) is 0 Å². The van der Waals surface area contributed by atoms with Gasteiger partial charge in [0.25, 0.3) is 0 Å². The molecule has 2 N–H and O–H groups in total. The van der Waals surface area contributed by atoms with Gasteiger partial charge in [-0.2, -0.15) is 5.10 Å². The third kappa shape index (κ3) is 4.26. The largest absolute Gasteiger partial charge is 0.466 e. The topological polar surface area (TPSA) is 84.1 Å².